The van der Waals surface area contributed by atoms with Gasteiger partial charge in [-0.15, -0.1) is 13.2 Å². The van der Waals surface area contributed by atoms with E-state index in [-0.39, 0.29) is 23.0 Å². The van der Waals surface area contributed by atoms with Crippen LogP contribution in [0.4, 0.5) is 23.7 Å². The number of urea groups is 1. The van der Waals surface area contributed by atoms with E-state index >= 15 is 0 Å². The standard InChI is InChI=1S/C17H15F3N4O4/c1-9-4-5-11(6-12(9)28-17(18,19)20)27-14-21-7-10(8-22-14)24-13(25)16(2,3)23-15(24)26/h4-8H,1-3H3,(H,23,26). The monoisotopic (exact) mass is 396 g/mol. The lowest BCUT2D eigenvalue weighted by Gasteiger charge is -2.15. The molecule has 3 amide bonds. The van der Waals surface area contributed by atoms with Crippen molar-refractivity contribution in [2.75, 3.05) is 4.90 Å². The number of ether oxygens (including phenoxy) is 2. The molecule has 3 rings (SSSR count). The molecule has 28 heavy (non-hydrogen) atoms. The Morgan fingerprint density at radius 1 is 1.14 bits per heavy atom. The Balaban J connectivity index is 1.78. The van der Waals surface area contributed by atoms with Crippen molar-refractivity contribution in [1.29, 1.82) is 0 Å². The van der Waals surface area contributed by atoms with Crippen LogP contribution >= 0.6 is 0 Å². The lowest BCUT2D eigenvalue weighted by molar-refractivity contribution is -0.274. The van der Waals surface area contributed by atoms with Crippen LogP contribution in [-0.2, 0) is 4.79 Å². The SMILES string of the molecule is Cc1ccc(Oc2ncc(N3C(=O)NC(C)(C)C3=O)cn2)cc1OC(F)(F)F. The number of nitrogens with zero attached hydrogens (tertiary/aromatic N) is 3. The van der Waals surface area contributed by atoms with Gasteiger partial charge in [-0.05, 0) is 32.4 Å². The quantitative estimate of drug-likeness (QED) is 0.797. The number of hydrogen-bond donors (Lipinski definition) is 1. The van der Waals surface area contributed by atoms with Crippen molar-refractivity contribution in [1.82, 2.24) is 15.3 Å². The van der Waals surface area contributed by atoms with Crippen LogP contribution in [0.2, 0.25) is 0 Å². The van der Waals surface area contributed by atoms with Gasteiger partial charge < -0.3 is 14.8 Å². The van der Waals surface area contributed by atoms with E-state index in [1.54, 1.807) is 13.8 Å². The minimum Gasteiger partial charge on any atom is -0.424 e. The Labute approximate surface area is 157 Å². The molecular formula is C17H15F3N4O4. The molecule has 2 aromatic rings. The normalized spacial score (nSPS) is 16.1. The van der Waals surface area contributed by atoms with Crippen molar-refractivity contribution in [2.45, 2.75) is 32.7 Å². The van der Waals surface area contributed by atoms with Gasteiger partial charge in [-0.25, -0.2) is 19.7 Å². The number of aryl methyl sites for hydroxylation is 1. The topological polar surface area (TPSA) is 93.7 Å². The van der Waals surface area contributed by atoms with Crippen molar-refractivity contribution in [3.63, 3.8) is 0 Å². The second-order valence-electron chi connectivity index (χ2n) is 6.50. The Morgan fingerprint density at radius 2 is 1.79 bits per heavy atom. The van der Waals surface area contributed by atoms with E-state index in [2.05, 4.69) is 20.0 Å². The summed E-state index contributed by atoms with van der Waals surface area (Å²) in [6.07, 6.45) is -2.44. The molecular weight excluding hydrogens is 381 g/mol. The number of amides is 3. The van der Waals surface area contributed by atoms with Gasteiger partial charge in [0.2, 0.25) is 0 Å². The molecule has 0 bridgehead atoms. The van der Waals surface area contributed by atoms with Crippen molar-refractivity contribution < 1.29 is 32.2 Å². The number of imide groups is 1. The average Bonchev–Trinajstić information content (AvgIpc) is 2.78. The van der Waals surface area contributed by atoms with Crippen LogP contribution in [0.15, 0.2) is 30.6 Å². The highest BCUT2D eigenvalue weighted by Crippen LogP contribution is 2.31. The van der Waals surface area contributed by atoms with E-state index in [1.165, 1.54) is 31.5 Å². The van der Waals surface area contributed by atoms with Crippen molar-refractivity contribution in [3.8, 4) is 17.5 Å². The molecule has 8 nitrogen and oxygen atoms in total. The molecule has 1 aromatic heterocycles. The van der Waals surface area contributed by atoms with E-state index in [1.807, 2.05) is 0 Å². The summed E-state index contributed by atoms with van der Waals surface area (Å²) in [5.41, 5.74) is -0.657. The van der Waals surface area contributed by atoms with Gasteiger partial charge in [0.15, 0.2) is 0 Å². The Hall–Kier alpha value is -3.37. The Bertz CT molecular complexity index is 929. The molecule has 0 radical (unpaired) electrons. The summed E-state index contributed by atoms with van der Waals surface area (Å²) < 4.78 is 46.6. The maximum Gasteiger partial charge on any atom is 0.573 e. The van der Waals surface area contributed by atoms with E-state index in [0.717, 1.165) is 11.0 Å². The zero-order chi connectivity index (χ0) is 20.7. The predicted molar refractivity (Wildman–Crippen MR) is 90.1 cm³/mol. The van der Waals surface area contributed by atoms with Crippen LogP contribution in [0.3, 0.4) is 0 Å². The first kappa shape index (κ1) is 19.4. The number of alkyl halides is 3. The maximum absolute atomic E-state index is 12.4. The second kappa shape index (κ2) is 6.66. The summed E-state index contributed by atoms with van der Waals surface area (Å²) in [6, 6.07) is 3.08. The summed E-state index contributed by atoms with van der Waals surface area (Å²) in [4.78, 5) is 32.9. The lowest BCUT2D eigenvalue weighted by Crippen LogP contribution is -2.40. The molecule has 0 atom stereocenters. The molecule has 0 unspecified atom stereocenters. The van der Waals surface area contributed by atoms with Gasteiger partial charge in [-0.3, -0.25) is 4.79 Å². The first-order valence-corrected chi connectivity index (χ1v) is 7.99. The Morgan fingerprint density at radius 3 is 2.32 bits per heavy atom. The molecule has 0 spiro atoms. The minimum absolute atomic E-state index is 0.0220. The lowest BCUT2D eigenvalue weighted by atomic mass is 10.1. The highest BCUT2D eigenvalue weighted by molar-refractivity contribution is 6.22. The first-order chi connectivity index (χ1) is 13.0. The van der Waals surface area contributed by atoms with Gasteiger partial charge >= 0.3 is 18.4 Å². The molecule has 0 aliphatic carbocycles. The summed E-state index contributed by atoms with van der Waals surface area (Å²) in [6.45, 7) is 4.57. The van der Waals surface area contributed by atoms with Crippen LogP contribution in [0.25, 0.3) is 0 Å². The zero-order valence-electron chi connectivity index (χ0n) is 15.0. The van der Waals surface area contributed by atoms with Crippen LogP contribution in [0, 0.1) is 6.92 Å². The number of carbonyl (C=O) groups excluding carboxylic acids is 2. The number of rotatable bonds is 4. The van der Waals surface area contributed by atoms with Crippen molar-refractivity contribution in [2.24, 2.45) is 0 Å². The summed E-state index contributed by atoms with van der Waals surface area (Å²) in [5, 5.41) is 2.52. The summed E-state index contributed by atoms with van der Waals surface area (Å²) >= 11 is 0. The van der Waals surface area contributed by atoms with Crippen LogP contribution < -0.4 is 19.7 Å². The fraction of sp³-hybridized carbons (Fsp3) is 0.294. The number of hydrogen-bond acceptors (Lipinski definition) is 6. The van der Waals surface area contributed by atoms with E-state index in [9.17, 15) is 22.8 Å². The smallest absolute Gasteiger partial charge is 0.424 e. The summed E-state index contributed by atoms with van der Waals surface area (Å²) in [7, 11) is 0. The number of carbonyl (C=O) groups is 2. The number of aromatic nitrogens is 2. The molecule has 1 aliphatic heterocycles. The third-order valence-corrected chi connectivity index (χ3v) is 3.83. The molecule has 1 fully saturated rings. The molecule has 1 saturated heterocycles. The largest absolute Gasteiger partial charge is 0.573 e. The van der Waals surface area contributed by atoms with Crippen LogP contribution in [0.5, 0.6) is 17.5 Å². The number of nitrogens with one attached hydrogen (secondary N) is 1. The van der Waals surface area contributed by atoms with Gasteiger partial charge in [0.05, 0.1) is 18.1 Å². The molecule has 1 aliphatic rings. The Kier molecular flexibility index (Phi) is 4.61. The third-order valence-electron chi connectivity index (χ3n) is 3.83. The molecule has 0 saturated carbocycles. The van der Waals surface area contributed by atoms with E-state index in [4.69, 9.17) is 4.74 Å². The van der Waals surface area contributed by atoms with Crippen LogP contribution in [-0.4, -0.2) is 33.8 Å². The van der Waals surface area contributed by atoms with Crippen molar-refractivity contribution >= 4 is 17.6 Å². The number of halogens is 3. The first-order valence-electron chi connectivity index (χ1n) is 7.99. The van der Waals surface area contributed by atoms with Gasteiger partial charge in [-0.2, -0.15) is 0 Å². The molecule has 148 valence electrons. The fourth-order valence-corrected chi connectivity index (χ4v) is 2.44. The molecule has 1 aromatic carbocycles. The van der Waals surface area contributed by atoms with Crippen LogP contribution in [0.1, 0.15) is 19.4 Å². The predicted octanol–water partition coefficient (Wildman–Crippen LogP) is 3.31. The van der Waals surface area contributed by atoms with E-state index in [0.29, 0.717) is 0 Å². The number of benzene rings is 1. The maximum atomic E-state index is 12.4. The van der Waals surface area contributed by atoms with Gasteiger partial charge in [0, 0.05) is 6.07 Å². The molecule has 2 heterocycles. The summed E-state index contributed by atoms with van der Waals surface area (Å²) in [5.74, 6) is -0.862. The third kappa shape index (κ3) is 3.97. The molecule has 11 heteroatoms. The van der Waals surface area contributed by atoms with Crippen molar-refractivity contribution in [3.05, 3.63) is 36.2 Å². The highest BCUT2D eigenvalue weighted by Gasteiger charge is 2.45. The minimum atomic E-state index is -4.84. The zero-order valence-corrected chi connectivity index (χ0v) is 15.0. The number of anilines is 1. The average molecular weight is 396 g/mol. The van der Waals surface area contributed by atoms with E-state index < -0.39 is 29.6 Å². The second-order valence-corrected chi connectivity index (χ2v) is 6.50. The van der Waals surface area contributed by atoms with Gasteiger partial charge in [0.1, 0.15) is 17.0 Å². The molecule has 1 N–H and O–H groups in total. The van der Waals surface area contributed by atoms with Gasteiger partial charge in [-0.1, -0.05) is 6.07 Å². The van der Waals surface area contributed by atoms with Gasteiger partial charge in [0.25, 0.3) is 5.91 Å². The fourth-order valence-electron chi connectivity index (χ4n) is 2.44. The highest BCUT2D eigenvalue weighted by atomic mass is 19.4.